The maximum Gasteiger partial charge on any atom is 0.253 e. The Morgan fingerprint density at radius 1 is 1.16 bits per heavy atom. The molecule has 132 valence electrons. The summed E-state index contributed by atoms with van der Waals surface area (Å²) in [7, 11) is 0. The van der Waals surface area contributed by atoms with E-state index < -0.39 is 0 Å². The van der Waals surface area contributed by atoms with E-state index in [0.717, 1.165) is 36.9 Å². The van der Waals surface area contributed by atoms with Crippen molar-refractivity contribution in [3.8, 4) is 0 Å². The molecule has 0 saturated heterocycles. The highest BCUT2D eigenvalue weighted by molar-refractivity contribution is 5.99. The molecule has 3 rings (SSSR count). The molecule has 25 heavy (non-hydrogen) atoms. The Hall–Kier alpha value is -2.40. The first-order valence-corrected chi connectivity index (χ1v) is 8.92. The fourth-order valence-electron chi connectivity index (χ4n) is 3.28. The minimum Gasteiger partial charge on any atom is -0.393 e. The van der Waals surface area contributed by atoms with E-state index in [2.05, 4.69) is 15.6 Å². The number of hydrogen-bond donors (Lipinski definition) is 3. The van der Waals surface area contributed by atoms with Crippen LogP contribution in [0.25, 0.3) is 0 Å². The Morgan fingerprint density at radius 3 is 2.80 bits per heavy atom. The smallest absolute Gasteiger partial charge is 0.253 e. The fourth-order valence-corrected chi connectivity index (χ4v) is 3.28. The van der Waals surface area contributed by atoms with Crippen molar-refractivity contribution in [1.82, 2.24) is 10.3 Å². The molecule has 0 bridgehead atoms. The number of aliphatic hydroxyl groups excluding tert-OH is 1. The summed E-state index contributed by atoms with van der Waals surface area (Å²) < 4.78 is 0. The van der Waals surface area contributed by atoms with Crippen molar-refractivity contribution in [3.63, 3.8) is 0 Å². The van der Waals surface area contributed by atoms with Crippen molar-refractivity contribution < 1.29 is 9.90 Å². The number of aliphatic hydroxyl groups is 1. The lowest BCUT2D eigenvalue weighted by Gasteiger charge is -2.27. The van der Waals surface area contributed by atoms with E-state index in [1.807, 2.05) is 36.4 Å². The van der Waals surface area contributed by atoms with Gasteiger partial charge in [0.2, 0.25) is 0 Å². The van der Waals surface area contributed by atoms with Crippen LogP contribution in [-0.4, -0.2) is 28.6 Å². The fraction of sp³-hybridized carbons (Fsp3) is 0.400. The molecule has 0 radical (unpaired) electrons. The number of benzene rings is 1. The summed E-state index contributed by atoms with van der Waals surface area (Å²) in [5.41, 5.74) is 2.48. The molecule has 1 fully saturated rings. The van der Waals surface area contributed by atoms with Gasteiger partial charge in [0.1, 0.15) is 0 Å². The van der Waals surface area contributed by atoms with Gasteiger partial charge in [-0.15, -0.1) is 0 Å². The van der Waals surface area contributed by atoms with Gasteiger partial charge in [-0.2, -0.15) is 0 Å². The Bertz CT molecular complexity index is 690. The highest BCUT2D eigenvalue weighted by atomic mass is 16.3. The van der Waals surface area contributed by atoms with Crippen molar-refractivity contribution in [3.05, 3.63) is 59.9 Å². The van der Waals surface area contributed by atoms with Crippen LogP contribution >= 0.6 is 0 Å². The minimum atomic E-state index is -0.298. The van der Waals surface area contributed by atoms with E-state index in [1.165, 1.54) is 0 Å². The van der Waals surface area contributed by atoms with Crippen molar-refractivity contribution in [1.29, 1.82) is 0 Å². The van der Waals surface area contributed by atoms with E-state index in [0.29, 0.717) is 18.7 Å². The predicted octanol–water partition coefficient (Wildman–Crippen LogP) is 2.97. The monoisotopic (exact) mass is 339 g/mol. The highest BCUT2D eigenvalue weighted by Crippen LogP contribution is 2.24. The molecule has 1 aromatic carbocycles. The van der Waals surface area contributed by atoms with Crippen LogP contribution < -0.4 is 10.6 Å². The number of nitrogens with zero attached hydrogens (tertiary/aromatic N) is 1. The molecule has 3 N–H and O–H groups in total. The lowest BCUT2D eigenvalue weighted by molar-refractivity contribution is 0.0663. The first-order chi connectivity index (χ1) is 12.2. The number of aromatic nitrogens is 1. The second-order valence-electron chi connectivity index (χ2n) is 6.58. The molecule has 1 amide bonds. The summed E-state index contributed by atoms with van der Waals surface area (Å²) in [6, 6.07) is 11.4. The largest absolute Gasteiger partial charge is 0.393 e. The number of pyridine rings is 1. The van der Waals surface area contributed by atoms with Gasteiger partial charge < -0.3 is 15.7 Å². The van der Waals surface area contributed by atoms with Gasteiger partial charge in [0, 0.05) is 37.1 Å². The molecule has 1 aliphatic rings. The van der Waals surface area contributed by atoms with Crippen LogP contribution in [0.1, 0.15) is 41.6 Å². The average molecular weight is 339 g/mol. The summed E-state index contributed by atoms with van der Waals surface area (Å²) in [4.78, 5) is 16.7. The topological polar surface area (TPSA) is 74.2 Å². The van der Waals surface area contributed by atoms with Gasteiger partial charge in [-0.1, -0.05) is 31.0 Å². The van der Waals surface area contributed by atoms with E-state index in [-0.39, 0.29) is 17.9 Å². The second kappa shape index (κ2) is 8.62. The maximum absolute atomic E-state index is 12.6. The van der Waals surface area contributed by atoms with Gasteiger partial charge in [-0.3, -0.25) is 9.78 Å². The number of para-hydroxylation sites is 1. The minimum absolute atomic E-state index is 0.105. The van der Waals surface area contributed by atoms with Crippen LogP contribution in [0.15, 0.2) is 48.8 Å². The molecule has 0 unspecified atom stereocenters. The van der Waals surface area contributed by atoms with Crippen molar-refractivity contribution in [2.75, 3.05) is 11.9 Å². The van der Waals surface area contributed by atoms with E-state index in [1.54, 1.807) is 12.4 Å². The summed E-state index contributed by atoms with van der Waals surface area (Å²) in [5, 5.41) is 16.3. The van der Waals surface area contributed by atoms with Gasteiger partial charge in [-0.25, -0.2) is 0 Å². The molecule has 2 aromatic rings. The van der Waals surface area contributed by atoms with Gasteiger partial charge >= 0.3 is 0 Å². The van der Waals surface area contributed by atoms with E-state index >= 15 is 0 Å². The van der Waals surface area contributed by atoms with Crippen molar-refractivity contribution in [2.45, 2.75) is 38.3 Å². The Labute approximate surface area is 148 Å². The van der Waals surface area contributed by atoms with Gasteiger partial charge in [0.15, 0.2) is 0 Å². The Morgan fingerprint density at radius 2 is 2.00 bits per heavy atom. The molecule has 1 aliphatic carbocycles. The molecular weight excluding hydrogens is 314 g/mol. The zero-order chi connectivity index (χ0) is 17.5. The number of carbonyl (C=O) groups excluding carboxylic acids is 1. The van der Waals surface area contributed by atoms with Crippen LogP contribution in [0, 0.1) is 5.92 Å². The van der Waals surface area contributed by atoms with E-state index in [9.17, 15) is 9.90 Å². The third-order valence-electron chi connectivity index (χ3n) is 4.77. The van der Waals surface area contributed by atoms with Crippen LogP contribution in [-0.2, 0) is 6.54 Å². The lowest BCUT2D eigenvalue weighted by atomic mass is 9.86. The number of carbonyl (C=O) groups is 1. The Balaban J connectivity index is 1.60. The first-order valence-electron chi connectivity index (χ1n) is 8.92. The second-order valence-corrected chi connectivity index (χ2v) is 6.58. The summed E-state index contributed by atoms with van der Waals surface area (Å²) >= 11 is 0. The molecule has 0 spiro atoms. The van der Waals surface area contributed by atoms with Crippen molar-refractivity contribution in [2.24, 2.45) is 5.92 Å². The van der Waals surface area contributed by atoms with E-state index in [4.69, 9.17) is 0 Å². The average Bonchev–Trinajstić information content (AvgIpc) is 2.66. The zero-order valence-electron chi connectivity index (χ0n) is 14.3. The number of anilines is 1. The van der Waals surface area contributed by atoms with Crippen molar-refractivity contribution >= 4 is 11.6 Å². The molecule has 1 aromatic heterocycles. The number of amides is 1. The normalized spacial score (nSPS) is 20.0. The quantitative estimate of drug-likeness (QED) is 0.756. The van der Waals surface area contributed by atoms with Crippen LogP contribution in [0.4, 0.5) is 5.69 Å². The number of nitrogens with one attached hydrogen (secondary N) is 2. The lowest BCUT2D eigenvalue weighted by Crippen LogP contribution is -2.36. The standard InChI is InChI=1S/C20H25N3O2/c24-19-10-4-1-7-16(19)14-23-20(25)17-8-2-3-9-18(17)22-13-15-6-5-11-21-12-15/h2-3,5-6,8-9,11-12,16,19,22,24H,1,4,7,10,13-14H2,(H,23,25)/t16-,19+/m1/s1. The maximum atomic E-state index is 12.6. The molecule has 2 atom stereocenters. The van der Waals surface area contributed by atoms with Gasteiger partial charge in [0.05, 0.1) is 11.7 Å². The highest BCUT2D eigenvalue weighted by Gasteiger charge is 2.23. The molecule has 5 nitrogen and oxygen atoms in total. The Kier molecular flexibility index (Phi) is 6.01. The number of rotatable bonds is 6. The third kappa shape index (κ3) is 4.79. The molecular formula is C20H25N3O2. The molecule has 0 aliphatic heterocycles. The van der Waals surface area contributed by atoms with Gasteiger partial charge in [0.25, 0.3) is 5.91 Å². The summed E-state index contributed by atoms with van der Waals surface area (Å²) in [6.45, 7) is 1.14. The molecule has 1 heterocycles. The third-order valence-corrected chi connectivity index (χ3v) is 4.77. The molecule has 1 saturated carbocycles. The summed E-state index contributed by atoms with van der Waals surface area (Å²) in [6.07, 6.45) is 7.26. The predicted molar refractivity (Wildman–Crippen MR) is 98.3 cm³/mol. The summed E-state index contributed by atoms with van der Waals surface area (Å²) in [5.74, 6) is 0.0558. The van der Waals surface area contributed by atoms with Crippen LogP contribution in [0.2, 0.25) is 0 Å². The van der Waals surface area contributed by atoms with Gasteiger partial charge in [-0.05, 0) is 36.6 Å². The van der Waals surface area contributed by atoms with Crippen LogP contribution in [0.5, 0.6) is 0 Å². The number of hydrogen-bond acceptors (Lipinski definition) is 4. The molecule has 5 heteroatoms. The SMILES string of the molecule is O=C(NC[C@H]1CCCC[C@@H]1O)c1ccccc1NCc1cccnc1. The first kappa shape index (κ1) is 17.4. The zero-order valence-corrected chi connectivity index (χ0v) is 14.3. The van der Waals surface area contributed by atoms with Crippen LogP contribution in [0.3, 0.4) is 0 Å².